The maximum absolute atomic E-state index is 13.7. The predicted molar refractivity (Wildman–Crippen MR) is 171 cm³/mol. The second kappa shape index (κ2) is 12.5. The molecule has 1 unspecified atom stereocenters. The molecule has 6 aromatic rings. The van der Waals surface area contributed by atoms with Crippen LogP contribution in [0.2, 0.25) is 0 Å². The number of aryl methyl sites for hydroxylation is 2. The first-order valence-electron chi connectivity index (χ1n) is 14.1. The highest BCUT2D eigenvalue weighted by molar-refractivity contribution is 7.98. The molecule has 6 rings (SSSR count). The Morgan fingerprint density at radius 2 is 1.48 bits per heavy atom. The monoisotopic (exact) mass is 568 g/mol. The maximum atomic E-state index is 13.7. The minimum atomic E-state index is -0.409. The number of hydrogen-bond donors (Lipinski definition) is 1. The van der Waals surface area contributed by atoms with Gasteiger partial charge < -0.3 is 5.32 Å². The lowest BCUT2D eigenvalue weighted by atomic mass is 10.0. The van der Waals surface area contributed by atoms with Crippen molar-refractivity contribution in [2.75, 3.05) is 0 Å². The van der Waals surface area contributed by atoms with E-state index in [0.29, 0.717) is 17.8 Å². The summed E-state index contributed by atoms with van der Waals surface area (Å²) in [7, 11) is 0. The second-order valence-corrected chi connectivity index (χ2v) is 11.5. The van der Waals surface area contributed by atoms with Crippen LogP contribution in [-0.4, -0.2) is 20.7 Å². The summed E-state index contributed by atoms with van der Waals surface area (Å²) in [5.41, 5.74) is 6.31. The summed E-state index contributed by atoms with van der Waals surface area (Å²) in [6.07, 6.45) is 0.576. The first kappa shape index (κ1) is 27.5. The molecule has 1 amide bonds. The molecule has 0 bridgehead atoms. The van der Waals surface area contributed by atoms with Gasteiger partial charge in [-0.05, 0) is 66.4 Å². The Bertz CT molecular complexity index is 1830. The zero-order valence-corrected chi connectivity index (χ0v) is 24.5. The number of nitrogens with one attached hydrogen (secondary N) is 1. The van der Waals surface area contributed by atoms with Crippen molar-refractivity contribution < 1.29 is 4.79 Å². The Labute approximate surface area is 250 Å². The van der Waals surface area contributed by atoms with E-state index in [9.17, 15) is 4.79 Å². The summed E-state index contributed by atoms with van der Waals surface area (Å²) in [6, 6.07) is 40.5. The number of carbonyl (C=O) groups is 1. The zero-order valence-electron chi connectivity index (χ0n) is 23.7. The van der Waals surface area contributed by atoms with Crippen LogP contribution in [0.25, 0.3) is 16.5 Å². The predicted octanol–water partition coefficient (Wildman–Crippen LogP) is 8.04. The molecule has 1 N–H and O–H groups in total. The quantitative estimate of drug-likeness (QED) is 0.179. The first-order valence-corrected chi connectivity index (χ1v) is 15.1. The Morgan fingerprint density at radius 1 is 0.738 bits per heavy atom. The topological polar surface area (TPSA) is 59.8 Å². The van der Waals surface area contributed by atoms with E-state index in [1.165, 1.54) is 16.7 Å². The molecular formula is C36H32N4OS. The van der Waals surface area contributed by atoms with E-state index in [4.69, 9.17) is 5.10 Å². The Kier molecular flexibility index (Phi) is 8.15. The van der Waals surface area contributed by atoms with E-state index >= 15 is 0 Å². The van der Waals surface area contributed by atoms with E-state index in [1.807, 2.05) is 54.6 Å². The third kappa shape index (κ3) is 6.29. The Balaban J connectivity index is 1.38. The van der Waals surface area contributed by atoms with Crippen molar-refractivity contribution in [3.63, 3.8) is 0 Å². The fraction of sp³-hybridized carbons (Fsp3) is 0.139. The van der Waals surface area contributed by atoms with Crippen molar-refractivity contribution in [1.82, 2.24) is 20.1 Å². The molecule has 0 fully saturated rings. The molecule has 0 aliphatic heterocycles. The fourth-order valence-corrected chi connectivity index (χ4v) is 6.02. The van der Waals surface area contributed by atoms with Crippen LogP contribution in [-0.2, 0) is 12.2 Å². The van der Waals surface area contributed by atoms with E-state index in [1.54, 1.807) is 11.8 Å². The summed E-state index contributed by atoms with van der Waals surface area (Å²) in [4.78, 5) is 13.7. The van der Waals surface area contributed by atoms with Gasteiger partial charge in [-0.3, -0.25) is 9.36 Å². The van der Waals surface area contributed by atoms with E-state index < -0.39 is 6.04 Å². The SMILES string of the molecule is Cc1ccc(-n2c(SCc3cccc(C)c3)nnc2C(Cc2ccccc2)NC(=O)c2ccc3ccccc3c2)cc1. The lowest BCUT2D eigenvalue weighted by molar-refractivity contribution is 0.0934. The number of hydrogen-bond acceptors (Lipinski definition) is 4. The molecule has 0 radical (unpaired) electrons. The summed E-state index contributed by atoms with van der Waals surface area (Å²) in [5, 5.41) is 15.6. The minimum absolute atomic E-state index is 0.144. The van der Waals surface area contributed by atoms with Crippen molar-refractivity contribution in [2.24, 2.45) is 0 Å². The molecule has 0 saturated carbocycles. The number of aromatic nitrogens is 3. The van der Waals surface area contributed by atoms with Gasteiger partial charge in [-0.1, -0.05) is 120 Å². The molecule has 0 spiro atoms. The van der Waals surface area contributed by atoms with Gasteiger partial charge in [0.1, 0.15) is 0 Å². The molecule has 6 heteroatoms. The number of benzene rings is 5. The third-order valence-corrected chi connectivity index (χ3v) is 8.31. The van der Waals surface area contributed by atoms with E-state index in [0.717, 1.165) is 32.9 Å². The third-order valence-electron chi connectivity index (χ3n) is 7.31. The van der Waals surface area contributed by atoms with Crippen LogP contribution in [0.15, 0.2) is 126 Å². The number of fused-ring (bicyclic) bond motifs is 1. The molecule has 208 valence electrons. The van der Waals surface area contributed by atoms with Gasteiger partial charge >= 0.3 is 0 Å². The van der Waals surface area contributed by atoms with Crippen LogP contribution in [0.1, 0.15) is 44.5 Å². The van der Waals surface area contributed by atoms with Gasteiger partial charge in [0, 0.05) is 17.0 Å². The van der Waals surface area contributed by atoms with Crippen LogP contribution in [0, 0.1) is 13.8 Å². The van der Waals surface area contributed by atoms with Crippen molar-refractivity contribution in [1.29, 1.82) is 0 Å². The number of nitrogens with zero attached hydrogens (tertiary/aromatic N) is 3. The molecule has 42 heavy (non-hydrogen) atoms. The lowest BCUT2D eigenvalue weighted by Crippen LogP contribution is -2.32. The molecule has 5 aromatic carbocycles. The molecular weight excluding hydrogens is 536 g/mol. The summed E-state index contributed by atoms with van der Waals surface area (Å²) >= 11 is 1.65. The average Bonchev–Trinajstić information content (AvgIpc) is 3.44. The molecule has 1 atom stereocenters. The molecule has 0 aliphatic rings. The number of amides is 1. The smallest absolute Gasteiger partial charge is 0.251 e. The highest BCUT2D eigenvalue weighted by Gasteiger charge is 2.25. The van der Waals surface area contributed by atoms with Gasteiger partial charge in [0.25, 0.3) is 5.91 Å². The largest absolute Gasteiger partial charge is 0.342 e. The van der Waals surface area contributed by atoms with Crippen molar-refractivity contribution >= 4 is 28.4 Å². The van der Waals surface area contributed by atoms with Gasteiger partial charge in [-0.25, -0.2) is 0 Å². The van der Waals surface area contributed by atoms with Gasteiger partial charge in [0.05, 0.1) is 6.04 Å². The lowest BCUT2D eigenvalue weighted by Gasteiger charge is -2.20. The fourth-order valence-electron chi connectivity index (χ4n) is 5.12. The minimum Gasteiger partial charge on any atom is -0.342 e. The Hall–Kier alpha value is -4.68. The maximum Gasteiger partial charge on any atom is 0.251 e. The average molecular weight is 569 g/mol. The molecule has 1 aromatic heterocycles. The summed E-state index contributed by atoms with van der Waals surface area (Å²) < 4.78 is 2.09. The number of thioether (sulfide) groups is 1. The number of carbonyl (C=O) groups excluding carboxylic acids is 1. The van der Waals surface area contributed by atoms with Crippen LogP contribution in [0.3, 0.4) is 0 Å². The van der Waals surface area contributed by atoms with Crippen LogP contribution < -0.4 is 5.32 Å². The summed E-state index contributed by atoms with van der Waals surface area (Å²) in [5.74, 6) is 1.32. The van der Waals surface area contributed by atoms with Crippen LogP contribution in [0.5, 0.6) is 0 Å². The standard InChI is InChI=1S/C36H32N4OS/c1-25-15-19-32(20-16-25)40-34(38-39-36(40)42-24-28-12-8-9-26(2)21-28)33(22-27-10-4-3-5-11-27)37-35(41)31-18-17-29-13-6-7-14-30(29)23-31/h3-21,23,33H,22,24H2,1-2H3,(H,37,41). The molecule has 0 saturated heterocycles. The van der Waals surface area contributed by atoms with Crippen molar-refractivity contribution in [3.8, 4) is 5.69 Å². The van der Waals surface area contributed by atoms with Crippen LogP contribution >= 0.6 is 11.8 Å². The van der Waals surface area contributed by atoms with Gasteiger partial charge in [-0.2, -0.15) is 0 Å². The van der Waals surface area contributed by atoms with E-state index in [-0.39, 0.29) is 5.91 Å². The van der Waals surface area contributed by atoms with Crippen molar-refractivity contribution in [2.45, 2.75) is 37.2 Å². The number of rotatable bonds is 9. The first-order chi connectivity index (χ1) is 20.5. The van der Waals surface area contributed by atoms with Crippen molar-refractivity contribution in [3.05, 3.63) is 155 Å². The normalized spacial score (nSPS) is 11.9. The molecule has 5 nitrogen and oxygen atoms in total. The van der Waals surface area contributed by atoms with Gasteiger partial charge in [0.15, 0.2) is 11.0 Å². The second-order valence-electron chi connectivity index (χ2n) is 10.6. The zero-order chi connectivity index (χ0) is 28.9. The highest BCUT2D eigenvalue weighted by atomic mass is 32.2. The van der Waals surface area contributed by atoms with Crippen LogP contribution in [0.4, 0.5) is 0 Å². The van der Waals surface area contributed by atoms with E-state index in [2.05, 4.69) is 95.6 Å². The Morgan fingerprint density at radius 3 is 2.26 bits per heavy atom. The van der Waals surface area contributed by atoms with Gasteiger partial charge in [0.2, 0.25) is 0 Å². The van der Waals surface area contributed by atoms with Gasteiger partial charge in [-0.15, -0.1) is 10.2 Å². The highest BCUT2D eigenvalue weighted by Crippen LogP contribution is 2.30. The molecule has 0 aliphatic carbocycles. The summed E-state index contributed by atoms with van der Waals surface area (Å²) in [6.45, 7) is 4.18. The molecule has 1 heterocycles.